The summed E-state index contributed by atoms with van der Waals surface area (Å²) in [6.45, 7) is 3.55. The van der Waals surface area contributed by atoms with E-state index >= 15 is 0 Å². The zero-order chi connectivity index (χ0) is 20.5. The molecule has 0 spiro atoms. The summed E-state index contributed by atoms with van der Waals surface area (Å²) in [5, 5.41) is 14.1. The van der Waals surface area contributed by atoms with Crippen LogP contribution in [0.1, 0.15) is 23.7 Å². The molecule has 0 radical (unpaired) electrons. The van der Waals surface area contributed by atoms with Crippen LogP contribution < -0.4 is 10.6 Å². The Morgan fingerprint density at radius 1 is 1.10 bits per heavy atom. The number of rotatable bonds is 6. The van der Waals surface area contributed by atoms with E-state index in [9.17, 15) is 9.59 Å². The zero-order valence-corrected chi connectivity index (χ0v) is 16.1. The number of benzene rings is 2. The van der Waals surface area contributed by atoms with Crippen LogP contribution in [0.25, 0.3) is 0 Å². The van der Waals surface area contributed by atoms with Crippen molar-refractivity contribution in [3.8, 4) is 6.07 Å². The van der Waals surface area contributed by atoms with E-state index in [0.29, 0.717) is 24.4 Å². The third-order valence-corrected chi connectivity index (χ3v) is 4.76. The van der Waals surface area contributed by atoms with E-state index in [4.69, 9.17) is 10.00 Å². The van der Waals surface area contributed by atoms with Crippen LogP contribution in [0.15, 0.2) is 54.6 Å². The van der Waals surface area contributed by atoms with Crippen molar-refractivity contribution in [3.05, 3.63) is 65.7 Å². The van der Waals surface area contributed by atoms with Gasteiger partial charge in [-0.25, -0.2) is 0 Å². The van der Waals surface area contributed by atoms with Gasteiger partial charge in [0.1, 0.15) is 6.07 Å². The number of hydrogen-bond acceptors (Lipinski definition) is 5. The van der Waals surface area contributed by atoms with Crippen LogP contribution in [0.4, 0.5) is 5.69 Å². The average Bonchev–Trinajstić information content (AvgIpc) is 2.77. The second-order valence-corrected chi connectivity index (χ2v) is 6.79. The highest BCUT2D eigenvalue weighted by Gasteiger charge is 2.21. The summed E-state index contributed by atoms with van der Waals surface area (Å²) in [5.74, 6) is -1.48. The van der Waals surface area contributed by atoms with Gasteiger partial charge >= 0.3 is 11.8 Å². The van der Waals surface area contributed by atoms with E-state index in [-0.39, 0.29) is 6.10 Å². The first kappa shape index (κ1) is 20.5. The Hall–Kier alpha value is -3.21. The van der Waals surface area contributed by atoms with Crippen LogP contribution in [0.3, 0.4) is 0 Å². The van der Waals surface area contributed by atoms with Gasteiger partial charge in [-0.15, -0.1) is 0 Å². The van der Waals surface area contributed by atoms with Crippen molar-refractivity contribution < 1.29 is 14.3 Å². The van der Waals surface area contributed by atoms with Gasteiger partial charge < -0.3 is 15.4 Å². The SMILES string of the molecule is N#Cc1ccccc1NC(=O)C(=O)NCCCN1CCO[C@@H](c2ccccc2)C1. The van der Waals surface area contributed by atoms with Crippen molar-refractivity contribution in [2.24, 2.45) is 0 Å². The van der Waals surface area contributed by atoms with Crippen molar-refractivity contribution in [2.75, 3.05) is 38.1 Å². The fraction of sp³-hybridized carbons (Fsp3) is 0.318. The number of hydrogen-bond donors (Lipinski definition) is 2. The first-order valence-corrected chi connectivity index (χ1v) is 9.64. The molecule has 2 amide bonds. The third-order valence-electron chi connectivity index (χ3n) is 4.76. The number of nitrogens with one attached hydrogen (secondary N) is 2. The Balaban J connectivity index is 1.39. The number of para-hydroxylation sites is 1. The lowest BCUT2D eigenvalue weighted by atomic mass is 10.1. The summed E-state index contributed by atoms with van der Waals surface area (Å²) in [4.78, 5) is 26.3. The van der Waals surface area contributed by atoms with Crippen molar-refractivity contribution in [1.29, 1.82) is 5.26 Å². The van der Waals surface area contributed by atoms with Gasteiger partial charge in [0.05, 0.1) is 24.0 Å². The van der Waals surface area contributed by atoms with Crippen LogP contribution >= 0.6 is 0 Å². The molecular weight excluding hydrogens is 368 g/mol. The number of amides is 2. The highest BCUT2D eigenvalue weighted by Crippen LogP contribution is 2.21. The molecule has 150 valence electrons. The van der Waals surface area contributed by atoms with Gasteiger partial charge in [-0.05, 0) is 24.1 Å². The van der Waals surface area contributed by atoms with Gasteiger partial charge in [-0.2, -0.15) is 5.26 Å². The normalized spacial score (nSPS) is 16.6. The maximum Gasteiger partial charge on any atom is 0.313 e. The molecule has 1 atom stereocenters. The summed E-state index contributed by atoms with van der Waals surface area (Å²) in [5.41, 5.74) is 1.81. The predicted octanol–water partition coefficient (Wildman–Crippen LogP) is 2.08. The third kappa shape index (κ3) is 5.88. The highest BCUT2D eigenvalue weighted by molar-refractivity contribution is 6.39. The number of carbonyl (C=O) groups excluding carboxylic acids is 2. The van der Waals surface area contributed by atoms with Gasteiger partial charge in [0, 0.05) is 26.2 Å². The number of nitrogens with zero attached hydrogens (tertiary/aromatic N) is 2. The highest BCUT2D eigenvalue weighted by atomic mass is 16.5. The zero-order valence-electron chi connectivity index (χ0n) is 16.1. The maximum atomic E-state index is 12.0. The molecule has 0 bridgehead atoms. The smallest absolute Gasteiger partial charge is 0.313 e. The fourth-order valence-electron chi connectivity index (χ4n) is 3.23. The summed E-state index contributed by atoms with van der Waals surface area (Å²) in [6.07, 6.45) is 0.792. The minimum atomic E-state index is -0.775. The summed E-state index contributed by atoms with van der Waals surface area (Å²) < 4.78 is 5.86. The van der Waals surface area contributed by atoms with E-state index in [2.05, 4.69) is 27.7 Å². The second kappa shape index (κ2) is 10.4. The molecule has 0 aliphatic carbocycles. The molecule has 7 nitrogen and oxygen atoms in total. The van der Waals surface area contributed by atoms with Gasteiger partial charge in [-0.1, -0.05) is 42.5 Å². The second-order valence-electron chi connectivity index (χ2n) is 6.79. The molecule has 1 aliphatic heterocycles. The Morgan fingerprint density at radius 2 is 1.86 bits per heavy atom. The Bertz CT molecular complexity index is 879. The van der Waals surface area contributed by atoms with Crippen LogP contribution in [0.2, 0.25) is 0 Å². The van der Waals surface area contributed by atoms with E-state index < -0.39 is 11.8 Å². The molecule has 1 aliphatic rings. The van der Waals surface area contributed by atoms with Crippen LogP contribution in [0.5, 0.6) is 0 Å². The molecule has 2 aromatic carbocycles. The topological polar surface area (TPSA) is 94.5 Å². The van der Waals surface area contributed by atoms with Crippen molar-refractivity contribution in [3.63, 3.8) is 0 Å². The van der Waals surface area contributed by atoms with E-state index in [1.54, 1.807) is 24.3 Å². The van der Waals surface area contributed by atoms with E-state index in [0.717, 1.165) is 26.1 Å². The molecule has 29 heavy (non-hydrogen) atoms. The molecule has 0 unspecified atom stereocenters. The van der Waals surface area contributed by atoms with E-state index in [1.807, 2.05) is 24.3 Å². The first-order chi connectivity index (χ1) is 14.2. The molecule has 7 heteroatoms. The van der Waals surface area contributed by atoms with Crippen LogP contribution in [-0.4, -0.2) is 49.5 Å². The molecule has 2 aromatic rings. The number of ether oxygens (including phenoxy) is 1. The van der Waals surface area contributed by atoms with Gasteiger partial charge in [0.15, 0.2) is 0 Å². The summed E-state index contributed by atoms with van der Waals surface area (Å²) in [6, 6.07) is 18.7. The molecule has 2 N–H and O–H groups in total. The lowest BCUT2D eigenvalue weighted by molar-refractivity contribution is -0.136. The minimum absolute atomic E-state index is 0.0607. The molecule has 1 fully saturated rings. The minimum Gasteiger partial charge on any atom is -0.371 e. The quantitative estimate of drug-likeness (QED) is 0.580. The number of anilines is 1. The van der Waals surface area contributed by atoms with Gasteiger partial charge in [0.2, 0.25) is 0 Å². The predicted molar refractivity (Wildman–Crippen MR) is 109 cm³/mol. The Morgan fingerprint density at radius 3 is 2.66 bits per heavy atom. The molecule has 1 saturated heterocycles. The number of nitriles is 1. The molecule has 0 saturated carbocycles. The van der Waals surface area contributed by atoms with Crippen LogP contribution in [-0.2, 0) is 14.3 Å². The Labute approximate surface area is 170 Å². The molecule has 3 rings (SSSR count). The number of carbonyl (C=O) groups is 2. The Kier molecular flexibility index (Phi) is 7.34. The molecular formula is C22H24N4O3. The van der Waals surface area contributed by atoms with Crippen molar-refractivity contribution in [2.45, 2.75) is 12.5 Å². The largest absolute Gasteiger partial charge is 0.371 e. The lowest BCUT2D eigenvalue weighted by Gasteiger charge is -2.33. The first-order valence-electron chi connectivity index (χ1n) is 9.64. The van der Waals surface area contributed by atoms with Crippen molar-refractivity contribution in [1.82, 2.24) is 10.2 Å². The fourth-order valence-corrected chi connectivity index (χ4v) is 3.23. The van der Waals surface area contributed by atoms with Gasteiger partial charge in [0.25, 0.3) is 0 Å². The number of morpholine rings is 1. The maximum absolute atomic E-state index is 12.0. The van der Waals surface area contributed by atoms with E-state index in [1.165, 1.54) is 5.56 Å². The standard InChI is InChI=1S/C22H24N4O3/c23-15-18-9-4-5-10-19(18)25-22(28)21(27)24-11-6-12-26-13-14-29-20(16-26)17-7-2-1-3-8-17/h1-5,7-10,20H,6,11-14,16H2,(H,24,27)(H,25,28)/t20-/m1/s1. The van der Waals surface area contributed by atoms with Crippen molar-refractivity contribution >= 4 is 17.5 Å². The monoisotopic (exact) mass is 392 g/mol. The molecule has 0 aromatic heterocycles. The van der Waals surface area contributed by atoms with Gasteiger partial charge in [-0.3, -0.25) is 14.5 Å². The van der Waals surface area contributed by atoms with Crippen LogP contribution in [0, 0.1) is 11.3 Å². The average molecular weight is 392 g/mol. The lowest BCUT2D eigenvalue weighted by Crippen LogP contribution is -2.41. The molecule has 1 heterocycles. The summed E-state index contributed by atoms with van der Waals surface area (Å²) >= 11 is 0. The summed E-state index contributed by atoms with van der Waals surface area (Å²) in [7, 11) is 0.